The fraction of sp³-hybridized carbons (Fsp3) is 0.409. The molecule has 1 saturated heterocycles. The van der Waals surface area contributed by atoms with Crippen LogP contribution >= 0.6 is 0 Å². The van der Waals surface area contributed by atoms with E-state index in [1.165, 1.54) is 11.1 Å². The number of piperidine rings is 1. The van der Waals surface area contributed by atoms with Gasteiger partial charge in [0.15, 0.2) is 0 Å². The first-order chi connectivity index (χ1) is 13.2. The molecule has 27 heavy (non-hydrogen) atoms. The van der Waals surface area contributed by atoms with E-state index in [1.807, 2.05) is 18.2 Å². The van der Waals surface area contributed by atoms with E-state index >= 15 is 0 Å². The molecule has 1 atom stereocenters. The molecule has 1 heterocycles. The van der Waals surface area contributed by atoms with Crippen molar-refractivity contribution in [3.63, 3.8) is 0 Å². The largest absolute Gasteiger partial charge is 0.496 e. The lowest BCUT2D eigenvalue weighted by atomic mass is 9.97. The lowest BCUT2D eigenvalue weighted by Crippen LogP contribution is -2.40. The lowest BCUT2D eigenvalue weighted by molar-refractivity contribution is -0.123. The molecule has 0 aromatic heterocycles. The number of nitrogens with one attached hydrogen (secondary N) is 1. The molecule has 5 nitrogen and oxygen atoms in total. The summed E-state index contributed by atoms with van der Waals surface area (Å²) in [6.45, 7) is 4.23. The Bertz CT molecular complexity index is 763. The highest BCUT2D eigenvalue weighted by molar-refractivity contribution is 5.76. The van der Waals surface area contributed by atoms with Crippen LogP contribution in [0, 0.1) is 5.92 Å². The van der Waals surface area contributed by atoms with E-state index in [0.29, 0.717) is 0 Å². The molecule has 1 aliphatic rings. The van der Waals surface area contributed by atoms with E-state index in [2.05, 4.69) is 40.5 Å². The molecular weight excluding hydrogens is 338 g/mol. The first-order valence-corrected chi connectivity index (χ1v) is 9.58. The summed E-state index contributed by atoms with van der Waals surface area (Å²) in [5.41, 5.74) is 9.17. The van der Waals surface area contributed by atoms with Gasteiger partial charge in [-0.25, -0.2) is 0 Å². The molecule has 1 unspecified atom stereocenters. The summed E-state index contributed by atoms with van der Waals surface area (Å²) in [5, 5.41) is 3.49. The fourth-order valence-corrected chi connectivity index (χ4v) is 3.72. The number of hydrogen-bond donors (Lipinski definition) is 2. The Balaban J connectivity index is 1.53. The average molecular weight is 367 g/mol. The minimum atomic E-state index is -0.172. The summed E-state index contributed by atoms with van der Waals surface area (Å²) in [6, 6.07) is 16.7. The Kier molecular flexibility index (Phi) is 6.85. The third-order valence-corrected chi connectivity index (χ3v) is 5.14. The van der Waals surface area contributed by atoms with Crippen molar-refractivity contribution in [2.75, 3.05) is 20.2 Å². The monoisotopic (exact) mass is 367 g/mol. The third kappa shape index (κ3) is 5.55. The number of benzene rings is 2. The normalized spacial score (nSPS) is 17.6. The van der Waals surface area contributed by atoms with Crippen molar-refractivity contribution in [2.24, 2.45) is 11.7 Å². The van der Waals surface area contributed by atoms with Crippen molar-refractivity contribution < 1.29 is 9.53 Å². The molecule has 1 amide bonds. The number of hydrogen-bond acceptors (Lipinski definition) is 4. The second-order valence-corrected chi connectivity index (χ2v) is 7.21. The molecule has 144 valence electrons. The Labute approximate surface area is 161 Å². The number of likely N-dealkylation sites (tertiary alicyclic amines) is 1. The van der Waals surface area contributed by atoms with E-state index in [-0.39, 0.29) is 11.8 Å². The van der Waals surface area contributed by atoms with Gasteiger partial charge in [0, 0.05) is 31.7 Å². The van der Waals surface area contributed by atoms with Crippen LogP contribution in [-0.2, 0) is 24.4 Å². The first kappa shape index (κ1) is 19.4. The summed E-state index contributed by atoms with van der Waals surface area (Å²) < 4.78 is 5.40. The number of rotatable bonds is 8. The van der Waals surface area contributed by atoms with Crippen LogP contribution in [0.1, 0.15) is 29.5 Å². The predicted octanol–water partition coefficient (Wildman–Crippen LogP) is 2.68. The minimum absolute atomic E-state index is 0.00977. The summed E-state index contributed by atoms with van der Waals surface area (Å²) in [4.78, 5) is 13.8. The molecule has 1 fully saturated rings. The van der Waals surface area contributed by atoms with Crippen molar-refractivity contribution >= 4 is 5.91 Å². The van der Waals surface area contributed by atoms with E-state index in [4.69, 9.17) is 10.5 Å². The standard InChI is InChI=1S/C22H29N3O2/c1-27-21-10-3-2-8-19(21)14-24-13-17-6-4-7-18(12-17)15-25-11-5-9-20(16-25)22(23)26/h2-4,6-8,10,12,20,24H,5,9,11,13-16H2,1H3,(H2,23,26). The second kappa shape index (κ2) is 9.53. The Morgan fingerprint density at radius 1 is 1.19 bits per heavy atom. The number of amides is 1. The van der Waals surface area contributed by atoms with Gasteiger partial charge in [0.2, 0.25) is 5.91 Å². The third-order valence-electron chi connectivity index (χ3n) is 5.14. The van der Waals surface area contributed by atoms with Gasteiger partial charge in [0.05, 0.1) is 13.0 Å². The highest BCUT2D eigenvalue weighted by atomic mass is 16.5. The fourth-order valence-electron chi connectivity index (χ4n) is 3.72. The van der Waals surface area contributed by atoms with Crippen molar-refractivity contribution in [3.8, 4) is 5.75 Å². The van der Waals surface area contributed by atoms with E-state index in [9.17, 15) is 4.79 Å². The maximum atomic E-state index is 11.5. The molecule has 0 bridgehead atoms. The molecule has 5 heteroatoms. The van der Waals surface area contributed by atoms with Gasteiger partial charge < -0.3 is 15.8 Å². The molecule has 2 aromatic rings. The summed E-state index contributed by atoms with van der Waals surface area (Å²) >= 11 is 0. The molecule has 0 radical (unpaired) electrons. The van der Waals surface area contributed by atoms with Crippen molar-refractivity contribution in [2.45, 2.75) is 32.5 Å². The maximum Gasteiger partial charge on any atom is 0.221 e. The zero-order chi connectivity index (χ0) is 19.1. The molecule has 0 saturated carbocycles. The number of carbonyl (C=O) groups excluding carboxylic acids is 1. The van der Waals surface area contributed by atoms with Gasteiger partial charge in [0.25, 0.3) is 0 Å². The first-order valence-electron chi connectivity index (χ1n) is 9.58. The van der Waals surface area contributed by atoms with Gasteiger partial charge >= 0.3 is 0 Å². The molecule has 3 rings (SSSR count). The maximum absolute atomic E-state index is 11.5. The Hall–Kier alpha value is -2.37. The van der Waals surface area contributed by atoms with Gasteiger partial charge in [-0.2, -0.15) is 0 Å². The number of para-hydroxylation sites is 1. The van der Waals surface area contributed by atoms with Crippen LogP contribution in [0.2, 0.25) is 0 Å². The number of ether oxygens (including phenoxy) is 1. The van der Waals surface area contributed by atoms with Crippen molar-refractivity contribution in [1.29, 1.82) is 0 Å². The molecule has 0 aliphatic carbocycles. The quantitative estimate of drug-likeness (QED) is 0.753. The number of carbonyl (C=O) groups is 1. The zero-order valence-electron chi connectivity index (χ0n) is 16.0. The average Bonchev–Trinajstić information content (AvgIpc) is 2.69. The van der Waals surface area contributed by atoms with Crippen LogP contribution in [0.4, 0.5) is 0 Å². The van der Waals surface area contributed by atoms with Crippen molar-refractivity contribution in [1.82, 2.24) is 10.2 Å². The summed E-state index contributed by atoms with van der Waals surface area (Å²) in [7, 11) is 1.70. The smallest absolute Gasteiger partial charge is 0.221 e. The molecule has 0 spiro atoms. The van der Waals surface area contributed by atoms with Gasteiger partial charge in [-0.1, -0.05) is 42.5 Å². The Morgan fingerprint density at radius 2 is 2.00 bits per heavy atom. The number of nitrogens with two attached hydrogens (primary N) is 1. The van der Waals surface area contributed by atoms with Crippen LogP contribution < -0.4 is 15.8 Å². The molecule has 1 aliphatic heterocycles. The number of methoxy groups -OCH3 is 1. The topological polar surface area (TPSA) is 67.6 Å². The second-order valence-electron chi connectivity index (χ2n) is 7.21. The number of primary amides is 1. The van der Waals surface area contributed by atoms with E-state index in [1.54, 1.807) is 7.11 Å². The summed E-state index contributed by atoms with van der Waals surface area (Å²) in [5.74, 6) is 0.728. The van der Waals surface area contributed by atoms with E-state index < -0.39 is 0 Å². The van der Waals surface area contributed by atoms with E-state index in [0.717, 1.165) is 56.9 Å². The predicted molar refractivity (Wildman–Crippen MR) is 107 cm³/mol. The highest BCUT2D eigenvalue weighted by Crippen LogP contribution is 2.19. The number of nitrogens with zero attached hydrogens (tertiary/aromatic N) is 1. The van der Waals surface area contributed by atoms with Crippen LogP contribution in [0.5, 0.6) is 5.75 Å². The van der Waals surface area contributed by atoms with Crippen LogP contribution in [-0.4, -0.2) is 31.0 Å². The Morgan fingerprint density at radius 3 is 2.81 bits per heavy atom. The van der Waals surface area contributed by atoms with Gasteiger partial charge in [0.1, 0.15) is 5.75 Å². The molecular formula is C22H29N3O2. The van der Waals surface area contributed by atoms with Gasteiger partial charge in [-0.05, 0) is 36.6 Å². The highest BCUT2D eigenvalue weighted by Gasteiger charge is 2.23. The lowest BCUT2D eigenvalue weighted by Gasteiger charge is -2.31. The van der Waals surface area contributed by atoms with Crippen LogP contribution in [0.3, 0.4) is 0 Å². The minimum Gasteiger partial charge on any atom is -0.496 e. The molecule has 2 aromatic carbocycles. The van der Waals surface area contributed by atoms with Crippen LogP contribution in [0.15, 0.2) is 48.5 Å². The van der Waals surface area contributed by atoms with Crippen molar-refractivity contribution in [3.05, 3.63) is 65.2 Å². The van der Waals surface area contributed by atoms with Gasteiger partial charge in [-0.3, -0.25) is 9.69 Å². The van der Waals surface area contributed by atoms with Gasteiger partial charge in [-0.15, -0.1) is 0 Å². The SMILES string of the molecule is COc1ccccc1CNCc1cccc(CN2CCCC(C(N)=O)C2)c1. The van der Waals surface area contributed by atoms with Crippen LogP contribution in [0.25, 0.3) is 0 Å². The summed E-state index contributed by atoms with van der Waals surface area (Å²) in [6.07, 6.45) is 1.95. The molecule has 3 N–H and O–H groups in total. The zero-order valence-corrected chi connectivity index (χ0v) is 16.0.